The minimum atomic E-state index is -0.653. The van der Waals surface area contributed by atoms with Gasteiger partial charge in [-0.2, -0.15) is 0 Å². The number of aromatic nitrogens is 1. The van der Waals surface area contributed by atoms with E-state index in [2.05, 4.69) is 10.3 Å². The van der Waals surface area contributed by atoms with Crippen LogP contribution in [0.2, 0.25) is 0 Å². The third kappa shape index (κ3) is 2.77. The molecule has 0 atom stereocenters. The lowest BCUT2D eigenvalue weighted by Crippen LogP contribution is -2.08. The zero-order chi connectivity index (χ0) is 14.7. The van der Waals surface area contributed by atoms with Crippen molar-refractivity contribution in [2.24, 2.45) is 0 Å². The van der Waals surface area contributed by atoms with Gasteiger partial charge in [-0.05, 0) is 12.1 Å². The summed E-state index contributed by atoms with van der Waals surface area (Å²) in [4.78, 5) is 26.2. The fourth-order valence-electron chi connectivity index (χ4n) is 1.56. The van der Waals surface area contributed by atoms with Crippen molar-refractivity contribution in [1.29, 1.82) is 0 Å². The lowest BCUT2D eigenvalue weighted by molar-refractivity contribution is -0.132. The first-order chi connectivity index (χ1) is 9.49. The predicted molar refractivity (Wildman–Crippen MR) is 69.2 cm³/mol. The molecule has 0 spiro atoms. The highest BCUT2D eigenvalue weighted by Crippen LogP contribution is 2.45. The largest absolute Gasteiger partial charge is 0.501 e. The number of ether oxygens (including phenoxy) is 1. The first-order valence-corrected chi connectivity index (χ1v) is 5.72. The van der Waals surface area contributed by atoms with E-state index in [1.54, 1.807) is 18.2 Å². The quantitative estimate of drug-likeness (QED) is 0.830. The van der Waals surface area contributed by atoms with Crippen LogP contribution in [0.3, 0.4) is 0 Å². The fraction of sp³-hybridized carbons (Fsp3) is 0.154. The molecule has 2 heterocycles. The monoisotopic (exact) mass is 276 g/mol. The maximum absolute atomic E-state index is 11.1. The van der Waals surface area contributed by atoms with E-state index >= 15 is 0 Å². The van der Waals surface area contributed by atoms with Crippen molar-refractivity contribution in [2.75, 3.05) is 5.32 Å². The Morgan fingerprint density at radius 1 is 1.35 bits per heavy atom. The summed E-state index contributed by atoms with van der Waals surface area (Å²) in [5, 5.41) is 12.4. The Kier molecular flexibility index (Phi) is 3.69. The number of hydrogen-bond acceptors (Lipinski definition) is 6. The molecule has 1 amide bonds. The highest BCUT2D eigenvalue weighted by Gasteiger charge is 2.25. The van der Waals surface area contributed by atoms with Crippen LogP contribution < -0.4 is 10.1 Å². The van der Waals surface area contributed by atoms with Crippen molar-refractivity contribution in [3.8, 4) is 23.0 Å². The third-order valence-electron chi connectivity index (χ3n) is 2.27. The van der Waals surface area contributed by atoms with Crippen LogP contribution in [0.5, 0.6) is 11.5 Å². The summed E-state index contributed by atoms with van der Waals surface area (Å²) >= 11 is 0. The Hall–Kier alpha value is -2.83. The predicted octanol–water partition coefficient (Wildman–Crippen LogP) is 1.93. The van der Waals surface area contributed by atoms with E-state index in [4.69, 9.17) is 9.15 Å². The summed E-state index contributed by atoms with van der Waals surface area (Å²) in [7, 11) is 0. The fourth-order valence-corrected chi connectivity index (χ4v) is 1.56. The molecule has 0 aliphatic rings. The van der Waals surface area contributed by atoms with Crippen molar-refractivity contribution in [3.05, 3.63) is 24.4 Å². The molecule has 20 heavy (non-hydrogen) atoms. The van der Waals surface area contributed by atoms with Crippen LogP contribution in [0, 0.1) is 0 Å². The molecule has 0 aliphatic heterocycles. The van der Waals surface area contributed by atoms with Crippen LogP contribution in [0.4, 0.5) is 5.88 Å². The topological polar surface area (TPSA) is 102 Å². The number of aromatic hydroxyl groups is 1. The van der Waals surface area contributed by atoms with Gasteiger partial charge in [-0.3, -0.25) is 19.9 Å². The molecule has 0 aliphatic carbocycles. The molecule has 0 bridgehead atoms. The molecule has 7 nitrogen and oxygen atoms in total. The number of carbonyl (C=O) groups excluding carboxylic acids is 2. The summed E-state index contributed by atoms with van der Waals surface area (Å²) in [5.74, 6) is -1.87. The van der Waals surface area contributed by atoms with Crippen molar-refractivity contribution in [3.63, 3.8) is 0 Å². The molecular formula is C13H12N2O5. The van der Waals surface area contributed by atoms with Crippen LogP contribution >= 0.6 is 0 Å². The highest BCUT2D eigenvalue weighted by molar-refractivity contribution is 5.91. The van der Waals surface area contributed by atoms with Crippen LogP contribution in [0.15, 0.2) is 28.8 Å². The molecule has 2 N–H and O–H groups in total. The molecule has 2 aromatic heterocycles. The van der Waals surface area contributed by atoms with Gasteiger partial charge in [0, 0.05) is 20.0 Å². The molecule has 2 aromatic rings. The maximum atomic E-state index is 11.1. The second-order valence-corrected chi connectivity index (χ2v) is 3.93. The number of nitrogens with one attached hydrogen (secondary N) is 1. The van der Waals surface area contributed by atoms with Crippen molar-refractivity contribution in [2.45, 2.75) is 13.8 Å². The number of hydrogen-bond donors (Lipinski definition) is 2. The summed E-state index contributed by atoms with van der Waals surface area (Å²) in [6, 6.07) is 5.01. The summed E-state index contributed by atoms with van der Waals surface area (Å²) in [5.41, 5.74) is 0.343. The number of amides is 1. The number of anilines is 1. The minimum absolute atomic E-state index is 0.00519. The molecule has 7 heteroatoms. The smallest absolute Gasteiger partial charge is 0.308 e. The average molecular weight is 276 g/mol. The van der Waals surface area contributed by atoms with Gasteiger partial charge >= 0.3 is 5.97 Å². The normalized spacial score (nSPS) is 10.1. The second-order valence-electron chi connectivity index (χ2n) is 3.93. The number of nitrogens with zero attached hydrogens (tertiary/aromatic N) is 1. The number of esters is 1. The van der Waals surface area contributed by atoms with Crippen LogP contribution in [-0.4, -0.2) is 22.0 Å². The molecule has 0 saturated carbocycles. The minimum Gasteiger partial charge on any atom is -0.501 e. The lowest BCUT2D eigenvalue weighted by atomic mass is 10.2. The Morgan fingerprint density at radius 3 is 2.65 bits per heavy atom. The number of furan rings is 1. The Morgan fingerprint density at radius 2 is 2.10 bits per heavy atom. The Balaban J connectivity index is 2.52. The SMILES string of the molecule is CC(=O)Nc1oc(-c2ccccn2)c(O)c1OC(C)=O. The Bertz CT molecular complexity index is 648. The van der Waals surface area contributed by atoms with E-state index in [9.17, 15) is 14.7 Å². The third-order valence-corrected chi connectivity index (χ3v) is 2.27. The Labute approximate surface area is 114 Å². The first-order valence-electron chi connectivity index (χ1n) is 5.72. The van der Waals surface area contributed by atoms with Gasteiger partial charge in [0.05, 0.1) is 0 Å². The summed E-state index contributed by atoms with van der Waals surface area (Å²) in [6.45, 7) is 2.43. The van der Waals surface area contributed by atoms with Gasteiger partial charge in [-0.25, -0.2) is 0 Å². The standard InChI is InChI=1S/C13H12N2O5/c1-7(16)15-13-12(19-8(2)17)10(18)11(20-13)9-5-3-4-6-14-9/h3-6,18H,1-2H3,(H,15,16). The maximum Gasteiger partial charge on any atom is 0.308 e. The van der Waals surface area contributed by atoms with E-state index < -0.39 is 17.6 Å². The molecular weight excluding hydrogens is 264 g/mol. The van der Waals surface area contributed by atoms with E-state index in [1.807, 2.05) is 0 Å². The molecule has 0 aromatic carbocycles. The van der Waals surface area contributed by atoms with E-state index in [1.165, 1.54) is 20.0 Å². The van der Waals surface area contributed by atoms with Gasteiger partial charge in [0.15, 0.2) is 0 Å². The van der Waals surface area contributed by atoms with Gasteiger partial charge < -0.3 is 14.3 Å². The first kappa shape index (κ1) is 13.6. The average Bonchev–Trinajstić information content (AvgIpc) is 2.67. The van der Waals surface area contributed by atoms with Crippen LogP contribution in [-0.2, 0) is 9.59 Å². The number of carbonyl (C=O) groups is 2. The van der Waals surface area contributed by atoms with Crippen LogP contribution in [0.1, 0.15) is 13.8 Å². The lowest BCUT2D eigenvalue weighted by Gasteiger charge is -2.01. The molecule has 104 valence electrons. The van der Waals surface area contributed by atoms with Gasteiger partial charge in [-0.1, -0.05) is 6.07 Å². The van der Waals surface area contributed by atoms with Gasteiger partial charge in [0.2, 0.25) is 29.1 Å². The van der Waals surface area contributed by atoms with Gasteiger partial charge in [-0.15, -0.1) is 0 Å². The number of rotatable bonds is 3. The summed E-state index contributed by atoms with van der Waals surface area (Å²) in [6.07, 6.45) is 1.51. The molecule has 0 radical (unpaired) electrons. The zero-order valence-corrected chi connectivity index (χ0v) is 10.8. The molecule has 0 saturated heterocycles. The molecule has 0 unspecified atom stereocenters. The molecule has 0 fully saturated rings. The van der Waals surface area contributed by atoms with Gasteiger partial charge in [0.1, 0.15) is 5.69 Å². The second kappa shape index (κ2) is 5.43. The molecule has 2 rings (SSSR count). The van der Waals surface area contributed by atoms with Gasteiger partial charge in [0.25, 0.3) is 0 Å². The zero-order valence-electron chi connectivity index (χ0n) is 10.8. The number of pyridine rings is 1. The summed E-state index contributed by atoms with van der Waals surface area (Å²) < 4.78 is 10.2. The van der Waals surface area contributed by atoms with Crippen molar-refractivity contribution < 1.29 is 23.8 Å². The van der Waals surface area contributed by atoms with E-state index in [-0.39, 0.29) is 17.4 Å². The van der Waals surface area contributed by atoms with Crippen LogP contribution in [0.25, 0.3) is 11.5 Å². The van der Waals surface area contributed by atoms with E-state index in [0.29, 0.717) is 5.69 Å². The van der Waals surface area contributed by atoms with Crippen molar-refractivity contribution >= 4 is 17.8 Å². The van der Waals surface area contributed by atoms with Crippen molar-refractivity contribution in [1.82, 2.24) is 4.98 Å². The van der Waals surface area contributed by atoms with E-state index in [0.717, 1.165) is 0 Å². The highest BCUT2D eigenvalue weighted by atomic mass is 16.6.